The van der Waals surface area contributed by atoms with E-state index in [9.17, 15) is 4.39 Å². The van der Waals surface area contributed by atoms with E-state index in [2.05, 4.69) is 17.2 Å². The molecule has 2 heterocycles. The van der Waals surface area contributed by atoms with Crippen LogP contribution in [0.25, 0.3) is 10.2 Å². The predicted octanol–water partition coefficient (Wildman–Crippen LogP) is 3.03. The smallest absolute Gasteiger partial charge is 0.125 e. The number of rotatable bonds is 1. The number of halogens is 1. The third-order valence-electron chi connectivity index (χ3n) is 3.19. The summed E-state index contributed by atoms with van der Waals surface area (Å²) in [5.74, 6) is -0.214. The van der Waals surface area contributed by atoms with E-state index >= 15 is 0 Å². The van der Waals surface area contributed by atoms with Crippen molar-refractivity contribution in [2.45, 2.75) is 25.3 Å². The average Bonchev–Trinajstić information content (AvgIpc) is 2.84. The zero-order chi connectivity index (χ0) is 11.2. The van der Waals surface area contributed by atoms with E-state index in [-0.39, 0.29) is 11.4 Å². The fourth-order valence-electron chi connectivity index (χ4n) is 2.21. The number of thiazole rings is 1. The molecule has 1 unspecified atom stereocenters. The highest BCUT2D eigenvalue weighted by atomic mass is 32.1. The van der Waals surface area contributed by atoms with Gasteiger partial charge in [-0.3, -0.25) is 0 Å². The van der Waals surface area contributed by atoms with Gasteiger partial charge in [-0.1, -0.05) is 0 Å². The summed E-state index contributed by atoms with van der Waals surface area (Å²) in [6.45, 7) is 3.22. The normalized spacial score (nSPS) is 25.4. The van der Waals surface area contributed by atoms with Gasteiger partial charge >= 0.3 is 0 Å². The summed E-state index contributed by atoms with van der Waals surface area (Å²) in [7, 11) is 0. The minimum Gasteiger partial charge on any atom is -0.306 e. The number of nitrogens with zero attached hydrogens (tertiary/aromatic N) is 1. The molecule has 0 saturated carbocycles. The standard InChI is InChI=1S/C12H13FN2S/c1-12(5-2-6-14-12)11-15-9-7-8(13)3-4-10(9)16-11/h3-4,7,14H,2,5-6H2,1H3. The molecule has 16 heavy (non-hydrogen) atoms. The monoisotopic (exact) mass is 236 g/mol. The van der Waals surface area contributed by atoms with E-state index < -0.39 is 0 Å². The van der Waals surface area contributed by atoms with Gasteiger partial charge in [0.1, 0.15) is 10.8 Å². The van der Waals surface area contributed by atoms with Crippen molar-refractivity contribution < 1.29 is 4.39 Å². The molecule has 1 aromatic carbocycles. The van der Waals surface area contributed by atoms with Gasteiger partial charge in [-0.05, 0) is 38.4 Å². The Morgan fingerprint density at radius 1 is 1.50 bits per heavy atom. The molecular weight excluding hydrogens is 223 g/mol. The molecule has 2 nitrogen and oxygen atoms in total. The molecule has 2 aromatic rings. The highest BCUT2D eigenvalue weighted by molar-refractivity contribution is 7.18. The van der Waals surface area contributed by atoms with Crippen LogP contribution in [0.4, 0.5) is 4.39 Å². The molecule has 1 aromatic heterocycles. The lowest BCUT2D eigenvalue weighted by atomic mass is 10.0. The van der Waals surface area contributed by atoms with Crippen LogP contribution in [0.15, 0.2) is 18.2 Å². The van der Waals surface area contributed by atoms with Gasteiger partial charge in [0.05, 0.1) is 15.8 Å². The van der Waals surface area contributed by atoms with Crippen LogP contribution in [-0.2, 0) is 5.54 Å². The lowest BCUT2D eigenvalue weighted by Crippen LogP contribution is -2.32. The molecule has 0 amide bonds. The van der Waals surface area contributed by atoms with Crippen molar-refractivity contribution in [1.29, 1.82) is 0 Å². The van der Waals surface area contributed by atoms with E-state index in [0.717, 1.165) is 28.2 Å². The van der Waals surface area contributed by atoms with Gasteiger partial charge in [0.25, 0.3) is 0 Å². The lowest BCUT2D eigenvalue weighted by molar-refractivity contribution is 0.433. The molecule has 1 atom stereocenters. The van der Waals surface area contributed by atoms with Crippen molar-refractivity contribution in [2.75, 3.05) is 6.54 Å². The molecule has 1 fully saturated rings. The Hall–Kier alpha value is -1.00. The molecule has 0 radical (unpaired) electrons. The van der Waals surface area contributed by atoms with Crippen molar-refractivity contribution >= 4 is 21.6 Å². The molecule has 1 N–H and O–H groups in total. The average molecular weight is 236 g/mol. The summed E-state index contributed by atoms with van der Waals surface area (Å²) in [4.78, 5) is 4.54. The van der Waals surface area contributed by atoms with Crippen LogP contribution >= 0.6 is 11.3 Å². The fraction of sp³-hybridized carbons (Fsp3) is 0.417. The van der Waals surface area contributed by atoms with Crippen LogP contribution in [0.5, 0.6) is 0 Å². The van der Waals surface area contributed by atoms with Crippen molar-refractivity contribution in [2.24, 2.45) is 0 Å². The molecule has 3 rings (SSSR count). The SMILES string of the molecule is CC1(c2nc3cc(F)ccc3s2)CCCN1. The number of hydrogen-bond donors (Lipinski definition) is 1. The van der Waals surface area contributed by atoms with E-state index in [0.29, 0.717) is 0 Å². The fourth-order valence-corrected chi connectivity index (χ4v) is 3.31. The first-order valence-corrected chi connectivity index (χ1v) is 6.31. The number of fused-ring (bicyclic) bond motifs is 1. The molecule has 0 spiro atoms. The van der Waals surface area contributed by atoms with Crippen LogP contribution in [0.2, 0.25) is 0 Å². The summed E-state index contributed by atoms with van der Waals surface area (Å²) >= 11 is 1.66. The summed E-state index contributed by atoms with van der Waals surface area (Å²) in [6.07, 6.45) is 2.29. The first-order chi connectivity index (χ1) is 7.67. The third kappa shape index (κ3) is 1.53. The van der Waals surface area contributed by atoms with Gasteiger partial charge in [0.2, 0.25) is 0 Å². The van der Waals surface area contributed by atoms with Crippen LogP contribution < -0.4 is 5.32 Å². The Morgan fingerprint density at radius 2 is 2.38 bits per heavy atom. The van der Waals surface area contributed by atoms with Gasteiger partial charge in [0, 0.05) is 6.07 Å². The summed E-state index contributed by atoms with van der Waals surface area (Å²) in [5, 5.41) is 4.55. The molecule has 1 saturated heterocycles. The van der Waals surface area contributed by atoms with E-state index in [4.69, 9.17) is 0 Å². The van der Waals surface area contributed by atoms with Crippen molar-refractivity contribution in [3.8, 4) is 0 Å². The largest absolute Gasteiger partial charge is 0.306 e. The van der Waals surface area contributed by atoms with Crippen molar-refractivity contribution in [3.63, 3.8) is 0 Å². The zero-order valence-electron chi connectivity index (χ0n) is 9.09. The summed E-state index contributed by atoms with van der Waals surface area (Å²) in [5.41, 5.74) is 0.759. The van der Waals surface area contributed by atoms with Gasteiger partial charge in [-0.15, -0.1) is 11.3 Å². The van der Waals surface area contributed by atoms with E-state index in [1.165, 1.54) is 18.6 Å². The maximum atomic E-state index is 13.1. The quantitative estimate of drug-likeness (QED) is 0.823. The third-order valence-corrected chi connectivity index (χ3v) is 4.49. The minimum atomic E-state index is -0.214. The van der Waals surface area contributed by atoms with Crippen LogP contribution in [0, 0.1) is 5.82 Å². The highest BCUT2D eigenvalue weighted by Crippen LogP contribution is 2.35. The van der Waals surface area contributed by atoms with Gasteiger partial charge in [-0.2, -0.15) is 0 Å². The van der Waals surface area contributed by atoms with Gasteiger partial charge in [0.15, 0.2) is 0 Å². The second-order valence-corrected chi connectivity index (χ2v) is 5.52. The number of aromatic nitrogens is 1. The van der Waals surface area contributed by atoms with E-state index in [1.54, 1.807) is 11.3 Å². The second kappa shape index (κ2) is 3.50. The number of hydrogen-bond acceptors (Lipinski definition) is 3. The summed E-state index contributed by atoms with van der Waals surface area (Å²) in [6, 6.07) is 4.81. The Bertz CT molecular complexity index is 529. The highest BCUT2D eigenvalue weighted by Gasteiger charge is 2.33. The topological polar surface area (TPSA) is 24.9 Å². The first-order valence-electron chi connectivity index (χ1n) is 5.49. The summed E-state index contributed by atoms with van der Waals surface area (Å²) < 4.78 is 14.1. The Balaban J connectivity index is 2.11. The second-order valence-electron chi connectivity index (χ2n) is 4.49. The molecular formula is C12H13FN2S. The van der Waals surface area contributed by atoms with Crippen molar-refractivity contribution in [1.82, 2.24) is 10.3 Å². The Morgan fingerprint density at radius 3 is 3.12 bits per heavy atom. The maximum Gasteiger partial charge on any atom is 0.125 e. The number of nitrogens with one attached hydrogen (secondary N) is 1. The lowest BCUT2D eigenvalue weighted by Gasteiger charge is -2.20. The maximum absolute atomic E-state index is 13.1. The van der Waals surface area contributed by atoms with E-state index in [1.807, 2.05) is 6.07 Å². The molecule has 0 bridgehead atoms. The van der Waals surface area contributed by atoms with Gasteiger partial charge in [-0.25, -0.2) is 9.37 Å². The van der Waals surface area contributed by atoms with Crippen LogP contribution in [0.3, 0.4) is 0 Å². The predicted molar refractivity (Wildman–Crippen MR) is 64.2 cm³/mol. The first kappa shape index (κ1) is 10.2. The molecule has 0 aliphatic carbocycles. The Labute approximate surface area is 97.5 Å². The zero-order valence-corrected chi connectivity index (χ0v) is 9.90. The molecule has 1 aliphatic heterocycles. The molecule has 4 heteroatoms. The van der Waals surface area contributed by atoms with Crippen LogP contribution in [0.1, 0.15) is 24.8 Å². The molecule has 1 aliphatic rings. The van der Waals surface area contributed by atoms with Gasteiger partial charge < -0.3 is 5.32 Å². The Kier molecular flexibility index (Phi) is 2.23. The van der Waals surface area contributed by atoms with Crippen molar-refractivity contribution in [3.05, 3.63) is 29.0 Å². The number of benzene rings is 1. The van der Waals surface area contributed by atoms with Crippen LogP contribution in [-0.4, -0.2) is 11.5 Å². The minimum absolute atomic E-state index is 0.0137. The molecule has 84 valence electrons.